The highest BCUT2D eigenvalue weighted by molar-refractivity contribution is 5.86. The SMILES string of the molecule is CCOC(=O)C1CCN(C(=O)C(C)(N)CC)CC1. The van der Waals surface area contributed by atoms with Crippen LogP contribution in [0.4, 0.5) is 0 Å². The number of carbonyl (C=O) groups is 2. The summed E-state index contributed by atoms with van der Waals surface area (Å²) in [6.45, 7) is 7.06. The highest BCUT2D eigenvalue weighted by Gasteiger charge is 2.34. The number of likely N-dealkylation sites (tertiary alicyclic amines) is 1. The standard InChI is InChI=1S/C13H24N2O3/c1-4-13(3,14)12(17)15-8-6-10(7-9-15)11(16)18-5-2/h10H,4-9,14H2,1-3H3. The van der Waals surface area contributed by atoms with Crippen molar-refractivity contribution in [1.82, 2.24) is 4.90 Å². The molecule has 0 aliphatic carbocycles. The quantitative estimate of drug-likeness (QED) is 0.759. The smallest absolute Gasteiger partial charge is 0.309 e. The highest BCUT2D eigenvalue weighted by Crippen LogP contribution is 2.21. The molecule has 0 bridgehead atoms. The van der Waals surface area contributed by atoms with Gasteiger partial charge in [0, 0.05) is 13.1 Å². The Morgan fingerprint density at radius 1 is 1.33 bits per heavy atom. The van der Waals surface area contributed by atoms with E-state index in [4.69, 9.17) is 10.5 Å². The van der Waals surface area contributed by atoms with Gasteiger partial charge in [-0.25, -0.2) is 0 Å². The van der Waals surface area contributed by atoms with Crippen LogP contribution in [-0.4, -0.2) is 42.0 Å². The Morgan fingerprint density at radius 2 is 1.89 bits per heavy atom. The van der Waals surface area contributed by atoms with Crippen molar-refractivity contribution in [2.45, 2.75) is 45.6 Å². The first kappa shape index (κ1) is 15.0. The van der Waals surface area contributed by atoms with E-state index in [0.717, 1.165) is 0 Å². The summed E-state index contributed by atoms with van der Waals surface area (Å²) in [6.07, 6.45) is 1.96. The highest BCUT2D eigenvalue weighted by atomic mass is 16.5. The summed E-state index contributed by atoms with van der Waals surface area (Å²) >= 11 is 0. The lowest BCUT2D eigenvalue weighted by Gasteiger charge is -2.35. The van der Waals surface area contributed by atoms with E-state index in [-0.39, 0.29) is 17.8 Å². The van der Waals surface area contributed by atoms with Gasteiger partial charge in [0.05, 0.1) is 18.1 Å². The number of nitrogens with two attached hydrogens (primary N) is 1. The van der Waals surface area contributed by atoms with Crippen molar-refractivity contribution in [2.75, 3.05) is 19.7 Å². The third kappa shape index (κ3) is 3.45. The van der Waals surface area contributed by atoms with Gasteiger partial charge in [0.25, 0.3) is 0 Å². The summed E-state index contributed by atoms with van der Waals surface area (Å²) in [5, 5.41) is 0. The van der Waals surface area contributed by atoms with Gasteiger partial charge in [0.2, 0.25) is 5.91 Å². The van der Waals surface area contributed by atoms with Crippen LogP contribution in [0.3, 0.4) is 0 Å². The van der Waals surface area contributed by atoms with E-state index >= 15 is 0 Å². The van der Waals surface area contributed by atoms with Gasteiger partial charge >= 0.3 is 5.97 Å². The molecule has 5 heteroatoms. The van der Waals surface area contributed by atoms with Gasteiger partial charge in [0.1, 0.15) is 0 Å². The first-order valence-electron chi connectivity index (χ1n) is 6.67. The van der Waals surface area contributed by atoms with Crippen LogP contribution < -0.4 is 5.73 Å². The number of amides is 1. The van der Waals surface area contributed by atoms with E-state index in [2.05, 4.69) is 0 Å². The second-order valence-corrected chi connectivity index (χ2v) is 5.09. The third-order valence-electron chi connectivity index (χ3n) is 3.63. The monoisotopic (exact) mass is 256 g/mol. The molecule has 1 unspecified atom stereocenters. The van der Waals surface area contributed by atoms with E-state index in [1.807, 2.05) is 6.92 Å². The maximum absolute atomic E-state index is 12.1. The molecule has 1 heterocycles. The van der Waals surface area contributed by atoms with Gasteiger partial charge < -0.3 is 15.4 Å². The lowest BCUT2D eigenvalue weighted by Crippen LogP contribution is -2.55. The summed E-state index contributed by atoms with van der Waals surface area (Å²) in [6, 6.07) is 0. The van der Waals surface area contributed by atoms with E-state index in [1.165, 1.54) is 0 Å². The maximum Gasteiger partial charge on any atom is 0.309 e. The minimum absolute atomic E-state index is 0.0210. The zero-order chi connectivity index (χ0) is 13.8. The Hall–Kier alpha value is -1.10. The maximum atomic E-state index is 12.1. The summed E-state index contributed by atoms with van der Waals surface area (Å²) in [7, 11) is 0. The first-order chi connectivity index (χ1) is 8.42. The molecule has 0 saturated carbocycles. The van der Waals surface area contributed by atoms with Crippen molar-refractivity contribution in [3.63, 3.8) is 0 Å². The van der Waals surface area contributed by atoms with Crippen molar-refractivity contribution in [3.8, 4) is 0 Å². The van der Waals surface area contributed by atoms with Crippen molar-refractivity contribution < 1.29 is 14.3 Å². The molecule has 1 saturated heterocycles. The van der Waals surface area contributed by atoms with Gasteiger partial charge in [0.15, 0.2) is 0 Å². The normalized spacial score (nSPS) is 20.3. The molecule has 1 aliphatic heterocycles. The molecular formula is C13H24N2O3. The van der Waals surface area contributed by atoms with E-state index in [0.29, 0.717) is 39.0 Å². The number of hydrogen-bond acceptors (Lipinski definition) is 4. The molecule has 0 aromatic rings. The van der Waals surface area contributed by atoms with Crippen LogP contribution in [0.15, 0.2) is 0 Å². The van der Waals surface area contributed by atoms with Crippen LogP contribution in [0.1, 0.15) is 40.0 Å². The lowest BCUT2D eigenvalue weighted by atomic mass is 9.93. The van der Waals surface area contributed by atoms with Gasteiger partial charge in [-0.15, -0.1) is 0 Å². The predicted molar refractivity (Wildman–Crippen MR) is 68.8 cm³/mol. The van der Waals surface area contributed by atoms with Crippen LogP contribution in [0.2, 0.25) is 0 Å². The van der Waals surface area contributed by atoms with Gasteiger partial charge in [-0.3, -0.25) is 9.59 Å². The molecule has 18 heavy (non-hydrogen) atoms. The van der Waals surface area contributed by atoms with Gasteiger partial charge in [-0.2, -0.15) is 0 Å². The predicted octanol–water partition coefficient (Wildman–Crippen LogP) is 0.915. The Morgan fingerprint density at radius 3 is 2.33 bits per heavy atom. The van der Waals surface area contributed by atoms with Crippen molar-refractivity contribution in [1.29, 1.82) is 0 Å². The Balaban J connectivity index is 2.49. The minimum Gasteiger partial charge on any atom is -0.466 e. The molecule has 0 spiro atoms. The van der Waals surface area contributed by atoms with Gasteiger partial charge in [-0.05, 0) is 33.1 Å². The molecule has 5 nitrogen and oxygen atoms in total. The second kappa shape index (κ2) is 6.18. The van der Waals surface area contributed by atoms with Crippen LogP contribution >= 0.6 is 0 Å². The van der Waals surface area contributed by atoms with Crippen LogP contribution in [0.5, 0.6) is 0 Å². The van der Waals surface area contributed by atoms with Crippen molar-refractivity contribution in [2.24, 2.45) is 11.7 Å². The largest absolute Gasteiger partial charge is 0.466 e. The molecule has 0 aromatic carbocycles. The molecule has 104 valence electrons. The van der Waals surface area contributed by atoms with E-state index in [1.54, 1.807) is 18.7 Å². The molecule has 1 atom stereocenters. The number of rotatable bonds is 4. The number of nitrogens with zero attached hydrogens (tertiary/aromatic N) is 1. The lowest BCUT2D eigenvalue weighted by molar-refractivity contribution is -0.152. The molecule has 1 rings (SSSR count). The Labute approximate surface area is 109 Å². The molecule has 0 aromatic heterocycles. The number of ether oxygens (including phenoxy) is 1. The second-order valence-electron chi connectivity index (χ2n) is 5.09. The van der Waals surface area contributed by atoms with Crippen LogP contribution in [0, 0.1) is 5.92 Å². The molecule has 1 amide bonds. The van der Waals surface area contributed by atoms with E-state index in [9.17, 15) is 9.59 Å². The number of esters is 1. The fourth-order valence-corrected chi connectivity index (χ4v) is 2.09. The average molecular weight is 256 g/mol. The van der Waals surface area contributed by atoms with Gasteiger partial charge in [-0.1, -0.05) is 6.92 Å². The summed E-state index contributed by atoms with van der Waals surface area (Å²) < 4.78 is 5.00. The average Bonchev–Trinajstić information content (AvgIpc) is 2.38. The Kier molecular flexibility index (Phi) is 5.14. The van der Waals surface area contributed by atoms with Crippen LogP contribution in [-0.2, 0) is 14.3 Å². The van der Waals surface area contributed by atoms with E-state index < -0.39 is 5.54 Å². The molecule has 2 N–H and O–H groups in total. The molecule has 1 aliphatic rings. The third-order valence-corrected chi connectivity index (χ3v) is 3.63. The summed E-state index contributed by atoms with van der Waals surface area (Å²) in [5.41, 5.74) is 5.15. The topological polar surface area (TPSA) is 72.6 Å². The Bertz CT molecular complexity index is 307. The zero-order valence-electron chi connectivity index (χ0n) is 11.6. The summed E-state index contributed by atoms with van der Waals surface area (Å²) in [4.78, 5) is 25.5. The zero-order valence-corrected chi connectivity index (χ0v) is 11.6. The summed E-state index contributed by atoms with van der Waals surface area (Å²) in [5.74, 6) is -0.234. The number of hydrogen-bond donors (Lipinski definition) is 1. The molecule has 0 radical (unpaired) electrons. The fourth-order valence-electron chi connectivity index (χ4n) is 2.09. The number of carbonyl (C=O) groups excluding carboxylic acids is 2. The fraction of sp³-hybridized carbons (Fsp3) is 0.846. The van der Waals surface area contributed by atoms with Crippen molar-refractivity contribution >= 4 is 11.9 Å². The molecule has 1 fully saturated rings. The molecular weight excluding hydrogens is 232 g/mol. The van der Waals surface area contributed by atoms with Crippen molar-refractivity contribution in [3.05, 3.63) is 0 Å². The first-order valence-corrected chi connectivity index (χ1v) is 6.67. The minimum atomic E-state index is -0.795. The number of piperidine rings is 1. The van der Waals surface area contributed by atoms with Crippen LogP contribution in [0.25, 0.3) is 0 Å².